The Morgan fingerprint density at radius 3 is 2.90 bits per heavy atom. The lowest BCUT2D eigenvalue weighted by Gasteiger charge is -2.45. The van der Waals surface area contributed by atoms with E-state index in [-0.39, 0.29) is 0 Å². The highest BCUT2D eigenvalue weighted by molar-refractivity contribution is 5.83. The average molecular weight is 286 g/mol. The molecule has 2 aromatic rings. The van der Waals surface area contributed by atoms with Gasteiger partial charge < -0.3 is 19.4 Å². The van der Waals surface area contributed by atoms with Crippen LogP contribution >= 0.6 is 0 Å². The van der Waals surface area contributed by atoms with Gasteiger partial charge in [-0.3, -0.25) is 0 Å². The monoisotopic (exact) mass is 286 g/mol. The lowest BCUT2D eigenvalue weighted by molar-refractivity contribution is 0.0712. The predicted molar refractivity (Wildman–Crippen MR) is 82.6 cm³/mol. The smallest absolute Gasteiger partial charge is 0.176 e. The minimum Gasteiger partial charge on any atom is -0.493 e. The number of hydrogen-bond donors (Lipinski definition) is 1. The van der Waals surface area contributed by atoms with E-state index in [2.05, 4.69) is 22.3 Å². The zero-order chi connectivity index (χ0) is 14.2. The van der Waals surface area contributed by atoms with Crippen molar-refractivity contribution < 1.29 is 9.15 Å². The summed E-state index contributed by atoms with van der Waals surface area (Å²) in [4.78, 5) is 2.57. The first-order valence-corrected chi connectivity index (χ1v) is 7.84. The van der Waals surface area contributed by atoms with Crippen molar-refractivity contribution in [1.29, 1.82) is 0 Å². The van der Waals surface area contributed by atoms with Gasteiger partial charge in [0.1, 0.15) is 5.76 Å². The summed E-state index contributed by atoms with van der Waals surface area (Å²) in [5, 5.41) is 4.80. The molecular weight excluding hydrogens is 264 g/mol. The van der Waals surface area contributed by atoms with Gasteiger partial charge in [-0.05, 0) is 44.0 Å². The van der Waals surface area contributed by atoms with Gasteiger partial charge in [-0.1, -0.05) is 12.1 Å². The van der Waals surface area contributed by atoms with E-state index in [4.69, 9.17) is 9.15 Å². The topological polar surface area (TPSA) is 37.6 Å². The maximum atomic E-state index is 5.96. The SMILES string of the molecule is COc1cccc2cc(CNC3CN4CCC3CC4)oc12. The molecule has 1 atom stereocenters. The van der Waals surface area contributed by atoms with Gasteiger partial charge in [-0.2, -0.15) is 0 Å². The van der Waals surface area contributed by atoms with Crippen LogP contribution in [0, 0.1) is 5.92 Å². The van der Waals surface area contributed by atoms with E-state index in [0.717, 1.165) is 34.9 Å². The summed E-state index contributed by atoms with van der Waals surface area (Å²) >= 11 is 0. The van der Waals surface area contributed by atoms with Crippen LogP contribution in [0.5, 0.6) is 5.75 Å². The van der Waals surface area contributed by atoms with Gasteiger partial charge in [0.2, 0.25) is 0 Å². The van der Waals surface area contributed by atoms with Crippen LogP contribution in [0.25, 0.3) is 11.0 Å². The zero-order valence-electron chi connectivity index (χ0n) is 12.5. The Balaban J connectivity index is 1.47. The number of nitrogens with zero attached hydrogens (tertiary/aromatic N) is 1. The van der Waals surface area contributed by atoms with Crippen molar-refractivity contribution in [2.75, 3.05) is 26.7 Å². The third-order valence-electron chi connectivity index (χ3n) is 4.97. The number of para-hydroxylation sites is 1. The second-order valence-electron chi connectivity index (χ2n) is 6.22. The fourth-order valence-corrected chi connectivity index (χ4v) is 3.77. The van der Waals surface area contributed by atoms with E-state index in [1.807, 2.05) is 12.1 Å². The molecule has 4 heterocycles. The molecule has 112 valence electrons. The lowest BCUT2D eigenvalue weighted by Crippen LogP contribution is -2.55. The van der Waals surface area contributed by atoms with Crippen LogP contribution in [0.2, 0.25) is 0 Å². The van der Waals surface area contributed by atoms with Crippen molar-refractivity contribution in [1.82, 2.24) is 10.2 Å². The summed E-state index contributed by atoms with van der Waals surface area (Å²) in [6.07, 6.45) is 2.68. The Labute approximate surface area is 125 Å². The van der Waals surface area contributed by atoms with Crippen LogP contribution in [-0.2, 0) is 6.54 Å². The molecule has 21 heavy (non-hydrogen) atoms. The number of piperidine rings is 3. The largest absolute Gasteiger partial charge is 0.493 e. The van der Waals surface area contributed by atoms with Crippen LogP contribution < -0.4 is 10.1 Å². The number of fused-ring (bicyclic) bond motifs is 4. The van der Waals surface area contributed by atoms with Crippen LogP contribution in [0.3, 0.4) is 0 Å². The third kappa shape index (κ3) is 2.43. The van der Waals surface area contributed by atoms with Crippen LogP contribution in [-0.4, -0.2) is 37.7 Å². The zero-order valence-corrected chi connectivity index (χ0v) is 12.5. The van der Waals surface area contributed by atoms with E-state index in [1.165, 1.54) is 32.5 Å². The van der Waals surface area contributed by atoms with Gasteiger partial charge in [0.25, 0.3) is 0 Å². The van der Waals surface area contributed by atoms with Crippen LogP contribution in [0.4, 0.5) is 0 Å². The van der Waals surface area contributed by atoms with Gasteiger partial charge in [-0.25, -0.2) is 0 Å². The number of benzene rings is 1. The molecule has 4 heteroatoms. The molecule has 0 saturated carbocycles. The van der Waals surface area contributed by atoms with Crippen molar-refractivity contribution >= 4 is 11.0 Å². The van der Waals surface area contributed by atoms with E-state index >= 15 is 0 Å². The summed E-state index contributed by atoms with van der Waals surface area (Å²) in [5.41, 5.74) is 0.853. The Bertz CT molecular complexity index is 629. The fourth-order valence-electron chi connectivity index (χ4n) is 3.77. The van der Waals surface area contributed by atoms with Crippen LogP contribution in [0.1, 0.15) is 18.6 Å². The highest BCUT2D eigenvalue weighted by Gasteiger charge is 2.33. The number of rotatable bonds is 4. The highest BCUT2D eigenvalue weighted by atomic mass is 16.5. The number of hydrogen-bond acceptors (Lipinski definition) is 4. The molecule has 1 aromatic carbocycles. The number of nitrogens with one attached hydrogen (secondary N) is 1. The molecule has 1 aromatic heterocycles. The lowest BCUT2D eigenvalue weighted by atomic mass is 9.84. The summed E-state index contributed by atoms with van der Waals surface area (Å²) < 4.78 is 11.3. The molecule has 0 aliphatic carbocycles. The molecule has 5 rings (SSSR count). The summed E-state index contributed by atoms with van der Waals surface area (Å²) in [6.45, 7) is 4.55. The minimum atomic E-state index is 0.614. The molecular formula is C17H22N2O2. The highest BCUT2D eigenvalue weighted by Crippen LogP contribution is 2.30. The van der Waals surface area contributed by atoms with Gasteiger partial charge in [0.05, 0.1) is 13.7 Å². The Kier molecular flexibility index (Phi) is 3.36. The van der Waals surface area contributed by atoms with E-state index in [9.17, 15) is 0 Å². The molecule has 3 aliphatic rings. The summed E-state index contributed by atoms with van der Waals surface area (Å²) in [7, 11) is 1.68. The second kappa shape index (κ2) is 5.35. The van der Waals surface area contributed by atoms with Crippen molar-refractivity contribution in [2.24, 2.45) is 5.92 Å². The van der Waals surface area contributed by atoms with Gasteiger partial charge in [0, 0.05) is 18.0 Å². The van der Waals surface area contributed by atoms with E-state index in [0.29, 0.717) is 6.04 Å². The van der Waals surface area contributed by atoms with Crippen molar-refractivity contribution in [2.45, 2.75) is 25.4 Å². The first-order valence-electron chi connectivity index (χ1n) is 7.84. The van der Waals surface area contributed by atoms with Crippen LogP contribution in [0.15, 0.2) is 28.7 Å². The molecule has 4 nitrogen and oxygen atoms in total. The molecule has 3 fully saturated rings. The van der Waals surface area contributed by atoms with Gasteiger partial charge in [0.15, 0.2) is 11.3 Å². The fraction of sp³-hybridized carbons (Fsp3) is 0.529. The summed E-state index contributed by atoms with van der Waals surface area (Å²) in [6, 6.07) is 8.74. The first-order chi connectivity index (χ1) is 10.3. The van der Waals surface area contributed by atoms with Crippen molar-refractivity contribution in [3.05, 3.63) is 30.0 Å². The van der Waals surface area contributed by atoms with E-state index in [1.54, 1.807) is 7.11 Å². The third-order valence-corrected chi connectivity index (χ3v) is 4.97. The molecule has 0 amide bonds. The molecule has 1 unspecified atom stereocenters. The summed E-state index contributed by atoms with van der Waals surface area (Å²) in [5.74, 6) is 2.64. The number of ether oxygens (including phenoxy) is 1. The Morgan fingerprint density at radius 2 is 2.19 bits per heavy atom. The first kappa shape index (κ1) is 13.2. The molecule has 0 radical (unpaired) electrons. The number of methoxy groups -OCH3 is 1. The van der Waals surface area contributed by atoms with Gasteiger partial charge in [-0.15, -0.1) is 0 Å². The van der Waals surface area contributed by atoms with Crippen molar-refractivity contribution in [3.63, 3.8) is 0 Å². The Morgan fingerprint density at radius 1 is 1.33 bits per heavy atom. The standard InChI is InChI=1S/C17H22N2O2/c1-20-16-4-2-3-13-9-14(21-17(13)16)10-18-15-11-19-7-5-12(15)6-8-19/h2-4,9,12,15,18H,5-8,10-11H2,1H3. The molecule has 2 bridgehead atoms. The Hall–Kier alpha value is -1.52. The second-order valence-corrected chi connectivity index (χ2v) is 6.22. The van der Waals surface area contributed by atoms with E-state index < -0.39 is 0 Å². The molecule has 1 N–H and O–H groups in total. The maximum Gasteiger partial charge on any atom is 0.176 e. The molecule has 0 spiro atoms. The minimum absolute atomic E-state index is 0.614. The number of furan rings is 1. The maximum absolute atomic E-state index is 5.96. The molecule has 3 saturated heterocycles. The predicted octanol–water partition coefficient (Wildman–Crippen LogP) is 2.63. The van der Waals surface area contributed by atoms with Gasteiger partial charge >= 0.3 is 0 Å². The normalized spacial score (nSPS) is 28.1. The molecule has 3 aliphatic heterocycles. The quantitative estimate of drug-likeness (QED) is 0.937. The van der Waals surface area contributed by atoms with Crippen molar-refractivity contribution in [3.8, 4) is 5.75 Å². The average Bonchev–Trinajstić information content (AvgIpc) is 2.97.